The van der Waals surface area contributed by atoms with E-state index in [9.17, 15) is 13.2 Å². The third-order valence-corrected chi connectivity index (χ3v) is 8.22. The van der Waals surface area contributed by atoms with Gasteiger partial charge < -0.3 is 14.8 Å². The van der Waals surface area contributed by atoms with E-state index in [2.05, 4.69) is 10.3 Å². The fourth-order valence-electron chi connectivity index (χ4n) is 4.20. The second kappa shape index (κ2) is 8.48. The smallest absolute Gasteiger partial charge is 0.245 e. The molecule has 5 rings (SSSR count). The number of nitrogens with one attached hydrogen (secondary N) is 1. The highest BCUT2D eigenvalue weighted by Gasteiger charge is 2.33. The van der Waals surface area contributed by atoms with Crippen molar-refractivity contribution < 1.29 is 22.7 Å². The van der Waals surface area contributed by atoms with E-state index in [1.54, 1.807) is 30.5 Å². The predicted octanol–water partition coefficient (Wildman–Crippen LogP) is 3.96. The fourth-order valence-corrected chi connectivity index (χ4v) is 6.03. The first kappa shape index (κ1) is 21.9. The first-order valence-corrected chi connectivity index (χ1v) is 12.4. The molecule has 2 aliphatic heterocycles. The zero-order valence-corrected chi connectivity index (χ0v) is 19.4. The molecule has 0 atom stereocenters. The van der Waals surface area contributed by atoms with Gasteiger partial charge in [-0.2, -0.15) is 4.31 Å². The minimum absolute atomic E-state index is 0.113. The molecular weight excluding hydrogens is 466 g/mol. The van der Waals surface area contributed by atoms with Gasteiger partial charge in [0.25, 0.3) is 0 Å². The minimum Gasteiger partial charge on any atom is -0.454 e. The highest BCUT2D eigenvalue weighted by atomic mass is 35.5. The highest BCUT2D eigenvalue weighted by Crippen LogP contribution is 2.39. The molecule has 3 heterocycles. The number of carbonyl (C=O) groups excluding carboxylic acids is 1. The van der Waals surface area contributed by atoms with Gasteiger partial charge in [0, 0.05) is 42.7 Å². The van der Waals surface area contributed by atoms with Crippen molar-refractivity contribution in [1.29, 1.82) is 0 Å². The van der Waals surface area contributed by atoms with Gasteiger partial charge in [0.1, 0.15) is 4.90 Å². The lowest BCUT2D eigenvalue weighted by molar-refractivity contribution is -0.120. The molecule has 1 amide bonds. The van der Waals surface area contributed by atoms with Crippen molar-refractivity contribution in [2.45, 2.75) is 24.7 Å². The molecule has 172 valence electrons. The van der Waals surface area contributed by atoms with Crippen molar-refractivity contribution >= 4 is 44.1 Å². The van der Waals surface area contributed by atoms with Crippen LogP contribution in [0, 0.1) is 12.8 Å². The zero-order chi connectivity index (χ0) is 23.2. The first-order valence-electron chi connectivity index (χ1n) is 10.6. The van der Waals surface area contributed by atoms with Gasteiger partial charge in [-0.1, -0.05) is 23.7 Å². The maximum Gasteiger partial charge on any atom is 0.245 e. The van der Waals surface area contributed by atoms with Crippen LogP contribution in [0.4, 0.5) is 5.69 Å². The van der Waals surface area contributed by atoms with Crippen LogP contribution in [0.3, 0.4) is 0 Å². The molecule has 0 unspecified atom stereocenters. The number of piperidine rings is 1. The van der Waals surface area contributed by atoms with Crippen molar-refractivity contribution in [3.05, 3.63) is 53.2 Å². The van der Waals surface area contributed by atoms with Gasteiger partial charge in [0.15, 0.2) is 11.5 Å². The van der Waals surface area contributed by atoms with Crippen LogP contribution in [-0.4, -0.2) is 43.5 Å². The van der Waals surface area contributed by atoms with Gasteiger partial charge >= 0.3 is 0 Å². The van der Waals surface area contributed by atoms with Crippen LogP contribution in [0.15, 0.2) is 47.5 Å². The molecule has 1 aromatic heterocycles. The Morgan fingerprint density at radius 3 is 2.64 bits per heavy atom. The summed E-state index contributed by atoms with van der Waals surface area (Å²) in [5.74, 6) is 0.533. The Balaban J connectivity index is 1.29. The molecule has 0 aliphatic carbocycles. The number of halogens is 1. The number of para-hydroxylation sites is 1. The summed E-state index contributed by atoms with van der Waals surface area (Å²) in [6, 6.07) is 10.3. The number of nitrogens with zero attached hydrogens (tertiary/aromatic N) is 2. The standard InChI is InChI=1S/C23H22ClN3O5S/c1-14-9-16-3-2-4-21(22(16)25-12-14)33(29,30)27-7-5-15(6-8-27)23(28)26-18-11-20-19(10-17(18)24)31-13-32-20/h2-4,9-12,15H,5-8,13H2,1H3,(H,26,28). The van der Waals surface area contributed by atoms with Crippen LogP contribution in [0.5, 0.6) is 11.5 Å². The third kappa shape index (κ3) is 4.12. The molecule has 0 saturated carbocycles. The maximum absolute atomic E-state index is 13.3. The van der Waals surface area contributed by atoms with Crippen LogP contribution >= 0.6 is 11.6 Å². The molecule has 33 heavy (non-hydrogen) atoms. The molecule has 10 heteroatoms. The van der Waals surface area contributed by atoms with Gasteiger partial charge in [-0.25, -0.2) is 8.42 Å². The Morgan fingerprint density at radius 1 is 1.15 bits per heavy atom. The molecule has 0 radical (unpaired) electrons. The lowest BCUT2D eigenvalue weighted by Gasteiger charge is -2.30. The normalized spacial score (nSPS) is 16.8. The number of fused-ring (bicyclic) bond motifs is 2. The SMILES string of the molecule is Cc1cnc2c(S(=O)(=O)N3CCC(C(=O)Nc4cc5c(cc4Cl)OCO5)CC3)cccc2c1. The van der Waals surface area contributed by atoms with Crippen molar-refractivity contribution in [1.82, 2.24) is 9.29 Å². The minimum atomic E-state index is -3.74. The molecule has 2 aromatic carbocycles. The molecular formula is C23H22ClN3O5S. The van der Waals surface area contributed by atoms with Gasteiger partial charge in [0.2, 0.25) is 22.7 Å². The summed E-state index contributed by atoms with van der Waals surface area (Å²) in [4.78, 5) is 17.4. The largest absolute Gasteiger partial charge is 0.454 e. The van der Waals surface area contributed by atoms with Crippen LogP contribution in [0.1, 0.15) is 18.4 Å². The van der Waals surface area contributed by atoms with Crippen LogP contribution in [-0.2, 0) is 14.8 Å². The topological polar surface area (TPSA) is 97.8 Å². The summed E-state index contributed by atoms with van der Waals surface area (Å²) in [5, 5.41) is 3.98. The van der Waals surface area contributed by atoms with E-state index in [0.717, 1.165) is 10.9 Å². The fraction of sp³-hybridized carbons (Fsp3) is 0.304. The number of aryl methyl sites for hydroxylation is 1. The lowest BCUT2D eigenvalue weighted by atomic mass is 9.97. The number of sulfonamides is 1. The summed E-state index contributed by atoms with van der Waals surface area (Å²) >= 11 is 6.26. The van der Waals surface area contributed by atoms with Gasteiger partial charge in [0.05, 0.1) is 16.2 Å². The van der Waals surface area contributed by atoms with E-state index in [-0.39, 0.29) is 36.6 Å². The summed E-state index contributed by atoms with van der Waals surface area (Å²) in [7, 11) is -3.74. The van der Waals surface area contributed by atoms with Gasteiger partial charge in [-0.05, 0) is 37.5 Å². The van der Waals surface area contributed by atoms with E-state index < -0.39 is 10.0 Å². The number of anilines is 1. The average molecular weight is 488 g/mol. The second-order valence-corrected chi connectivity index (χ2v) is 10.5. The first-order chi connectivity index (χ1) is 15.8. The molecule has 0 spiro atoms. The van der Waals surface area contributed by atoms with Gasteiger partial charge in [-0.15, -0.1) is 0 Å². The predicted molar refractivity (Wildman–Crippen MR) is 124 cm³/mol. The number of hydrogen-bond donors (Lipinski definition) is 1. The van der Waals surface area contributed by atoms with E-state index >= 15 is 0 Å². The second-order valence-electron chi connectivity index (χ2n) is 8.19. The van der Waals surface area contributed by atoms with Crippen molar-refractivity contribution in [2.75, 3.05) is 25.2 Å². The molecule has 3 aromatic rings. The summed E-state index contributed by atoms with van der Waals surface area (Å²) in [5.41, 5.74) is 1.87. The van der Waals surface area contributed by atoms with Crippen LogP contribution < -0.4 is 14.8 Å². The molecule has 1 N–H and O–H groups in total. The number of benzene rings is 2. The summed E-state index contributed by atoms with van der Waals surface area (Å²) in [6.45, 7) is 2.52. The molecule has 2 aliphatic rings. The Kier molecular flexibility index (Phi) is 5.64. The molecule has 8 nitrogen and oxygen atoms in total. The van der Waals surface area contributed by atoms with E-state index in [1.165, 1.54) is 4.31 Å². The molecule has 1 fully saturated rings. The number of rotatable bonds is 4. The Bertz CT molecular complexity index is 1350. The quantitative estimate of drug-likeness (QED) is 0.598. The van der Waals surface area contributed by atoms with Crippen molar-refractivity contribution in [3.63, 3.8) is 0 Å². The Morgan fingerprint density at radius 2 is 1.88 bits per heavy atom. The van der Waals surface area contributed by atoms with Crippen molar-refractivity contribution in [2.24, 2.45) is 5.92 Å². The summed E-state index contributed by atoms with van der Waals surface area (Å²) < 4.78 is 38.8. The average Bonchev–Trinajstić information content (AvgIpc) is 3.25. The summed E-state index contributed by atoms with van der Waals surface area (Å²) in [6.07, 6.45) is 2.48. The lowest BCUT2D eigenvalue weighted by Crippen LogP contribution is -2.41. The third-order valence-electron chi connectivity index (χ3n) is 5.97. The number of amides is 1. The monoisotopic (exact) mass is 487 g/mol. The molecule has 1 saturated heterocycles. The maximum atomic E-state index is 13.3. The number of aromatic nitrogens is 1. The van der Waals surface area contributed by atoms with Gasteiger partial charge in [-0.3, -0.25) is 9.78 Å². The van der Waals surface area contributed by atoms with E-state index in [4.69, 9.17) is 21.1 Å². The number of ether oxygens (including phenoxy) is 2. The zero-order valence-electron chi connectivity index (χ0n) is 17.9. The van der Waals surface area contributed by atoms with Crippen LogP contribution in [0.2, 0.25) is 5.02 Å². The Hall–Kier alpha value is -2.88. The number of pyridine rings is 1. The van der Waals surface area contributed by atoms with Crippen molar-refractivity contribution in [3.8, 4) is 11.5 Å². The Labute approximate surface area is 196 Å². The highest BCUT2D eigenvalue weighted by molar-refractivity contribution is 7.89. The van der Waals surface area contributed by atoms with Crippen LogP contribution in [0.25, 0.3) is 10.9 Å². The molecule has 0 bridgehead atoms. The van der Waals surface area contributed by atoms with E-state index in [0.29, 0.717) is 40.6 Å². The van der Waals surface area contributed by atoms with E-state index in [1.807, 2.05) is 19.1 Å². The number of carbonyl (C=O) groups is 1. The number of hydrogen-bond acceptors (Lipinski definition) is 6.